The van der Waals surface area contributed by atoms with Gasteiger partial charge in [0.1, 0.15) is 5.82 Å². The van der Waals surface area contributed by atoms with Crippen LogP contribution < -0.4 is 4.90 Å². The normalized spacial score (nSPS) is 31.3. The number of fused-ring (bicyclic) bond motifs is 2. The molecule has 3 fully saturated rings. The fourth-order valence-corrected chi connectivity index (χ4v) is 5.32. The number of aromatic nitrogens is 1. The quantitative estimate of drug-likeness (QED) is 0.774. The monoisotopic (exact) mass is 339 g/mol. The number of carbonyl (C=O) groups is 1. The first-order valence-electron chi connectivity index (χ1n) is 9.60. The van der Waals surface area contributed by atoms with Crippen molar-refractivity contribution < 1.29 is 4.79 Å². The maximum absolute atomic E-state index is 13.5. The van der Waals surface area contributed by atoms with Crippen LogP contribution in [0.3, 0.4) is 0 Å². The predicted octanol–water partition coefficient (Wildman–Crippen LogP) is 3.50. The van der Waals surface area contributed by atoms with Gasteiger partial charge < -0.3 is 9.80 Å². The lowest BCUT2D eigenvalue weighted by Crippen LogP contribution is -2.45. The molecule has 0 radical (unpaired) electrons. The van der Waals surface area contributed by atoms with Gasteiger partial charge in [0.25, 0.3) is 0 Å². The molecule has 0 spiro atoms. The second-order valence-corrected chi connectivity index (χ2v) is 8.54. The van der Waals surface area contributed by atoms with Crippen LogP contribution in [0.2, 0.25) is 0 Å². The molecule has 2 bridgehead atoms. The Kier molecular flexibility index (Phi) is 3.89. The molecule has 1 saturated heterocycles. The van der Waals surface area contributed by atoms with Crippen molar-refractivity contribution in [2.75, 3.05) is 31.1 Å². The van der Waals surface area contributed by atoms with Gasteiger partial charge in [-0.05, 0) is 49.1 Å². The van der Waals surface area contributed by atoms with Gasteiger partial charge in [-0.15, -0.1) is 0 Å². The number of pyridine rings is 1. The molecular formula is C21H29N3O. The lowest BCUT2D eigenvalue weighted by Gasteiger charge is -2.39. The summed E-state index contributed by atoms with van der Waals surface area (Å²) >= 11 is 0. The fourth-order valence-electron chi connectivity index (χ4n) is 5.32. The van der Waals surface area contributed by atoms with E-state index in [9.17, 15) is 4.79 Å². The number of nitrogens with zero attached hydrogens (tertiary/aromatic N) is 3. The van der Waals surface area contributed by atoms with Crippen LogP contribution in [-0.4, -0.2) is 42.0 Å². The van der Waals surface area contributed by atoms with E-state index in [2.05, 4.69) is 41.3 Å². The third-order valence-corrected chi connectivity index (χ3v) is 7.06. The molecule has 25 heavy (non-hydrogen) atoms. The minimum atomic E-state index is -0.283. The molecule has 3 aliphatic rings. The summed E-state index contributed by atoms with van der Waals surface area (Å²) in [5.41, 5.74) is 1.01. The molecule has 0 aromatic carbocycles. The highest BCUT2D eigenvalue weighted by Crippen LogP contribution is 2.65. The minimum Gasteiger partial charge on any atom is -0.355 e. The minimum absolute atomic E-state index is 0.111. The van der Waals surface area contributed by atoms with Gasteiger partial charge in [-0.1, -0.05) is 32.1 Å². The van der Waals surface area contributed by atoms with E-state index in [0.717, 1.165) is 51.3 Å². The molecule has 0 N–H and O–H groups in total. The van der Waals surface area contributed by atoms with Crippen molar-refractivity contribution >= 4 is 11.7 Å². The van der Waals surface area contributed by atoms with Gasteiger partial charge in [-0.3, -0.25) is 4.79 Å². The highest BCUT2D eigenvalue weighted by molar-refractivity contribution is 5.87. The van der Waals surface area contributed by atoms with Crippen LogP contribution in [0.15, 0.2) is 36.5 Å². The Morgan fingerprint density at radius 1 is 1.24 bits per heavy atom. The zero-order valence-corrected chi connectivity index (χ0v) is 15.5. The van der Waals surface area contributed by atoms with Crippen LogP contribution >= 0.6 is 0 Å². The van der Waals surface area contributed by atoms with Gasteiger partial charge in [-0.25, -0.2) is 4.98 Å². The second kappa shape index (κ2) is 5.86. The summed E-state index contributed by atoms with van der Waals surface area (Å²) in [6.07, 6.45) is 6.02. The van der Waals surface area contributed by atoms with Gasteiger partial charge in [0.2, 0.25) is 5.91 Å². The topological polar surface area (TPSA) is 36.4 Å². The standard InChI is InChI=1S/C21H29N3O/c1-16-20(2,3)17-8-9-21(16,15-17)19(25)24-12-6-11-23(13-14-24)18-7-4-5-10-22-18/h4-5,7,10,17H,1,6,8-9,11-15H2,2-3H3. The van der Waals surface area contributed by atoms with Gasteiger partial charge in [0.05, 0.1) is 5.41 Å². The van der Waals surface area contributed by atoms with Crippen LogP contribution in [0.1, 0.15) is 39.5 Å². The van der Waals surface area contributed by atoms with E-state index in [1.807, 2.05) is 18.3 Å². The van der Waals surface area contributed by atoms with E-state index in [1.54, 1.807) is 0 Å². The average molecular weight is 339 g/mol. The number of carbonyl (C=O) groups excluding carboxylic acids is 1. The molecule has 2 atom stereocenters. The van der Waals surface area contributed by atoms with E-state index in [1.165, 1.54) is 12.0 Å². The molecule has 2 aliphatic carbocycles. The van der Waals surface area contributed by atoms with Crippen LogP contribution in [0, 0.1) is 16.7 Å². The lowest BCUT2D eigenvalue weighted by atomic mass is 9.68. The summed E-state index contributed by atoms with van der Waals surface area (Å²) in [5.74, 6) is 1.98. The molecule has 1 aromatic heterocycles. The molecule has 2 saturated carbocycles. The van der Waals surface area contributed by atoms with E-state index in [0.29, 0.717) is 11.8 Å². The smallest absolute Gasteiger partial charge is 0.232 e. The van der Waals surface area contributed by atoms with E-state index in [4.69, 9.17) is 0 Å². The first kappa shape index (κ1) is 16.6. The Morgan fingerprint density at radius 2 is 2.08 bits per heavy atom. The largest absolute Gasteiger partial charge is 0.355 e. The Morgan fingerprint density at radius 3 is 2.76 bits per heavy atom. The molecule has 1 aromatic rings. The molecule has 4 rings (SSSR count). The summed E-state index contributed by atoms with van der Waals surface area (Å²) in [5, 5.41) is 0. The summed E-state index contributed by atoms with van der Waals surface area (Å²) in [7, 11) is 0. The number of anilines is 1. The first-order valence-corrected chi connectivity index (χ1v) is 9.60. The van der Waals surface area contributed by atoms with Gasteiger partial charge >= 0.3 is 0 Å². The molecule has 2 heterocycles. The van der Waals surface area contributed by atoms with E-state index >= 15 is 0 Å². The van der Waals surface area contributed by atoms with Crippen LogP contribution in [-0.2, 0) is 4.79 Å². The molecule has 134 valence electrons. The van der Waals surface area contributed by atoms with Gasteiger partial charge in [0.15, 0.2) is 0 Å². The summed E-state index contributed by atoms with van der Waals surface area (Å²) in [6, 6.07) is 6.03. The number of hydrogen-bond acceptors (Lipinski definition) is 3. The Labute approximate surface area is 150 Å². The highest BCUT2D eigenvalue weighted by atomic mass is 16.2. The Hall–Kier alpha value is -1.84. The van der Waals surface area contributed by atoms with Crippen molar-refractivity contribution in [1.82, 2.24) is 9.88 Å². The first-order chi connectivity index (χ1) is 11.9. The summed E-state index contributed by atoms with van der Waals surface area (Å²) in [6.45, 7) is 12.4. The van der Waals surface area contributed by atoms with Crippen molar-refractivity contribution in [3.63, 3.8) is 0 Å². The van der Waals surface area contributed by atoms with E-state index in [-0.39, 0.29) is 10.8 Å². The van der Waals surface area contributed by atoms with Crippen molar-refractivity contribution in [2.24, 2.45) is 16.7 Å². The molecule has 1 amide bonds. The van der Waals surface area contributed by atoms with E-state index < -0.39 is 0 Å². The second-order valence-electron chi connectivity index (χ2n) is 8.54. The Bertz CT molecular complexity index is 684. The third kappa shape index (κ3) is 2.49. The molecule has 4 heteroatoms. The SMILES string of the molecule is C=C1C2(C(=O)N3CCCN(c4ccccn4)CC3)CCC(C2)C1(C)C. The summed E-state index contributed by atoms with van der Waals surface area (Å²) < 4.78 is 0. The maximum Gasteiger partial charge on any atom is 0.232 e. The predicted molar refractivity (Wildman–Crippen MR) is 100 cm³/mol. The van der Waals surface area contributed by atoms with Crippen LogP contribution in [0.4, 0.5) is 5.82 Å². The van der Waals surface area contributed by atoms with Crippen molar-refractivity contribution in [1.29, 1.82) is 0 Å². The molecule has 2 unspecified atom stereocenters. The fraction of sp³-hybridized carbons (Fsp3) is 0.619. The zero-order valence-electron chi connectivity index (χ0n) is 15.5. The van der Waals surface area contributed by atoms with Gasteiger partial charge in [-0.2, -0.15) is 0 Å². The number of rotatable bonds is 2. The van der Waals surface area contributed by atoms with Crippen molar-refractivity contribution in [3.05, 3.63) is 36.5 Å². The van der Waals surface area contributed by atoms with Crippen LogP contribution in [0.5, 0.6) is 0 Å². The number of hydrogen-bond donors (Lipinski definition) is 0. The molecule has 4 nitrogen and oxygen atoms in total. The molecule has 1 aliphatic heterocycles. The summed E-state index contributed by atoms with van der Waals surface area (Å²) in [4.78, 5) is 22.4. The Balaban J connectivity index is 1.50. The third-order valence-electron chi connectivity index (χ3n) is 7.06. The highest BCUT2D eigenvalue weighted by Gasteiger charge is 2.61. The lowest BCUT2D eigenvalue weighted by molar-refractivity contribution is -0.139. The van der Waals surface area contributed by atoms with Crippen molar-refractivity contribution in [3.8, 4) is 0 Å². The zero-order chi connectivity index (χ0) is 17.7. The number of amides is 1. The average Bonchev–Trinajstić information content (AvgIpc) is 3.03. The van der Waals surface area contributed by atoms with Crippen molar-refractivity contribution in [2.45, 2.75) is 39.5 Å². The van der Waals surface area contributed by atoms with Crippen LogP contribution in [0.25, 0.3) is 0 Å². The maximum atomic E-state index is 13.5. The molecular weight excluding hydrogens is 310 g/mol. The van der Waals surface area contributed by atoms with Gasteiger partial charge in [0, 0.05) is 32.4 Å².